The van der Waals surface area contributed by atoms with Gasteiger partial charge >= 0.3 is 12.1 Å². The maximum absolute atomic E-state index is 12.5. The van der Waals surface area contributed by atoms with E-state index >= 15 is 0 Å². The molecule has 0 aliphatic carbocycles. The van der Waals surface area contributed by atoms with Crippen LogP contribution in [0.1, 0.15) is 16.7 Å². The van der Waals surface area contributed by atoms with E-state index in [-0.39, 0.29) is 16.9 Å². The van der Waals surface area contributed by atoms with Gasteiger partial charge in [-0.05, 0) is 41.5 Å². The van der Waals surface area contributed by atoms with Gasteiger partial charge in [0.1, 0.15) is 5.75 Å². The molecule has 0 spiro atoms. The first kappa shape index (κ1) is 15.6. The maximum atomic E-state index is 12.5. The highest BCUT2D eigenvalue weighted by atomic mass is 19.4. The van der Waals surface area contributed by atoms with Crippen LogP contribution in [0.2, 0.25) is 0 Å². The quantitative estimate of drug-likeness (QED) is 0.664. The summed E-state index contributed by atoms with van der Waals surface area (Å²) in [7, 11) is 0. The molecule has 0 aliphatic rings. The van der Waals surface area contributed by atoms with Crippen molar-refractivity contribution in [3.63, 3.8) is 0 Å². The zero-order valence-corrected chi connectivity index (χ0v) is 11.1. The van der Waals surface area contributed by atoms with E-state index in [1.165, 1.54) is 30.3 Å². The number of aromatic hydroxyl groups is 1. The number of hydrogen-bond donors (Lipinski definition) is 2. The normalized spacial score (nSPS) is 12.2. The van der Waals surface area contributed by atoms with E-state index in [4.69, 9.17) is 0 Å². The van der Waals surface area contributed by atoms with Gasteiger partial charge in [-0.3, -0.25) is 0 Å². The Hall–Kier alpha value is -2.76. The number of hydrogen-bond acceptors (Lipinski definition) is 2. The third-order valence-corrected chi connectivity index (χ3v) is 2.96. The smallest absolute Gasteiger partial charge is 0.416 e. The van der Waals surface area contributed by atoms with Gasteiger partial charge in [0.05, 0.1) is 11.1 Å². The molecule has 0 bridgehead atoms. The molecule has 22 heavy (non-hydrogen) atoms. The number of alkyl halides is 3. The van der Waals surface area contributed by atoms with E-state index < -0.39 is 17.7 Å². The lowest BCUT2D eigenvalue weighted by Gasteiger charge is -2.08. The van der Waals surface area contributed by atoms with Crippen molar-refractivity contribution in [3.8, 4) is 5.75 Å². The summed E-state index contributed by atoms with van der Waals surface area (Å²) in [5.41, 5.74) is -0.311. The highest BCUT2D eigenvalue weighted by Gasteiger charge is 2.30. The molecular weight excluding hydrogens is 297 g/mol. The lowest BCUT2D eigenvalue weighted by atomic mass is 10.0. The third kappa shape index (κ3) is 3.66. The molecule has 0 saturated heterocycles. The fourth-order valence-electron chi connectivity index (χ4n) is 1.84. The summed E-state index contributed by atoms with van der Waals surface area (Å²) in [6, 6.07) is 9.68. The number of carbonyl (C=O) groups is 1. The predicted molar refractivity (Wildman–Crippen MR) is 75.1 cm³/mol. The first-order chi connectivity index (χ1) is 10.3. The van der Waals surface area contributed by atoms with Crippen molar-refractivity contribution in [2.45, 2.75) is 6.18 Å². The molecule has 0 atom stereocenters. The number of benzene rings is 2. The number of carboxylic acids is 1. The largest absolute Gasteiger partial charge is 0.508 e. The molecule has 0 fully saturated rings. The molecule has 3 nitrogen and oxygen atoms in total. The van der Waals surface area contributed by atoms with Crippen molar-refractivity contribution in [1.82, 2.24) is 0 Å². The lowest BCUT2D eigenvalue weighted by Crippen LogP contribution is -2.05. The van der Waals surface area contributed by atoms with Crippen molar-refractivity contribution in [2.75, 3.05) is 0 Å². The van der Waals surface area contributed by atoms with Crippen molar-refractivity contribution < 1.29 is 28.2 Å². The second-order valence-electron chi connectivity index (χ2n) is 4.53. The van der Waals surface area contributed by atoms with E-state index in [9.17, 15) is 28.2 Å². The topological polar surface area (TPSA) is 57.5 Å². The fourth-order valence-corrected chi connectivity index (χ4v) is 1.84. The summed E-state index contributed by atoms with van der Waals surface area (Å²) in [5.74, 6) is -1.23. The van der Waals surface area contributed by atoms with Gasteiger partial charge in [-0.2, -0.15) is 13.2 Å². The Morgan fingerprint density at radius 2 is 1.50 bits per heavy atom. The van der Waals surface area contributed by atoms with Gasteiger partial charge in [-0.15, -0.1) is 0 Å². The molecule has 0 unspecified atom stereocenters. The zero-order valence-electron chi connectivity index (χ0n) is 11.1. The Bertz CT molecular complexity index is 699. The number of halogens is 3. The number of rotatable bonds is 3. The molecule has 0 saturated carbocycles. The number of aliphatic carboxylic acids is 1. The molecule has 0 radical (unpaired) electrons. The Labute approximate surface area is 124 Å². The molecule has 2 aromatic carbocycles. The SMILES string of the molecule is O=C(O)/C(=C/c1ccc(O)cc1)c1ccc(C(F)(F)F)cc1. The molecule has 0 heterocycles. The van der Waals surface area contributed by atoms with Crippen LogP contribution in [0.3, 0.4) is 0 Å². The minimum Gasteiger partial charge on any atom is -0.508 e. The van der Waals surface area contributed by atoms with Gasteiger partial charge in [-0.1, -0.05) is 24.3 Å². The summed E-state index contributed by atoms with van der Waals surface area (Å²) in [6.45, 7) is 0. The molecule has 2 N–H and O–H groups in total. The predicted octanol–water partition coefficient (Wildman–Crippen LogP) is 4.04. The first-order valence-corrected chi connectivity index (χ1v) is 6.19. The van der Waals surface area contributed by atoms with Gasteiger partial charge in [0.15, 0.2) is 0 Å². The van der Waals surface area contributed by atoms with Crippen LogP contribution in [0, 0.1) is 0 Å². The van der Waals surface area contributed by atoms with Crippen LogP contribution in [-0.2, 0) is 11.0 Å². The Kier molecular flexibility index (Phi) is 4.21. The molecule has 0 amide bonds. The van der Waals surface area contributed by atoms with Crippen LogP contribution in [0.4, 0.5) is 13.2 Å². The molecule has 114 valence electrons. The molecule has 2 aromatic rings. The first-order valence-electron chi connectivity index (χ1n) is 6.19. The second kappa shape index (κ2) is 5.93. The second-order valence-corrected chi connectivity index (χ2v) is 4.53. The highest BCUT2D eigenvalue weighted by molar-refractivity contribution is 6.20. The van der Waals surface area contributed by atoms with E-state index in [2.05, 4.69) is 0 Å². The summed E-state index contributed by atoms with van der Waals surface area (Å²) in [5, 5.41) is 18.4. The Morgan fingerprint density at radius 3 is 1.95 bits per heavy atom. The van der Waals surface area contributed by atoms with Crippen molar-refractivity contribution in [3.05, 3.63) is 65.2 Å². The number of carboxylic acid groups (broad SMARTS) is 1. The van der Waals surface area contributed by atoms with Crippen LogP contribution < -0.4 is 0 Å². The molecule has 0 aromatic heterocycles. The number of phenols is 1. The minimum atomic E-state index is -4.47. The molecule has 0 aliphatic heterocycles. The lowest BCUT2D eigenvalue weighted by molar-refractivity contribution is -0.137. The van der Waals surface area contributed by atoms with E-state index in [0.29, 0.717) is 5.56 Å². The minimum absolute atomic E-state index is 0.0311. The van der Waals surface area contributed by atoms with Crippen LogP contribution in [-0.4, -0.2) is 16.2 Å². The van der Waals surface area contributed by atoms with E-state index in [0.717, 1.165) is 24.3 Å². The summed E-state index contributed by atoms with van der Waals surface area (Å²) < 4.78 is 37.5. The van der Waals surface area contributed by atoms with E-state index in [1.807, 2.05) is 0 Å². The van der Waals surface area contributed by atoms with Crippen molar-refractivity contribution >= 4 is 17.6 Å². The average Bonchev–Trinajstić information content (AvgIpc) is 2.45. The van der Waals surface area contributed by atoms with Gasteiger partial charge in [-0.25, -0.2) is 4.79 Å². The third-order valence-electron chi connectivity index (χ3n) is 2.96. The van der Waals surface area contributed by atoms with E-state index in [1.54, 1.807) is 0 Å². The van der Waals surface area contributed by atoms with Gasteiger partial charge in [0, 0.05) is 0 Å². The van der Waals surface area contributed by atoms with Gasteiger partial charge in [0.25, 0.3) is 0 Å². The van der Waals surface area contributed by atoms with Crippen LogP contribution in [0.25, 0.3) is 11.6 Å². The highest BCUT2D eigenvalue weighted by Crippen LogP contribution is 2.30. The summed E-state index contributed by atoms with van der Waals surface area (Å²) >= 11 is 0. The van der Waals surface area contributed by atoms with Crippen LogP contribution >= 0.6 is 0 Å². The summed E-state index contributed by atoms with van der Waals surface area (Å²) in [6.07, 6.45) is -3.15. The monoisotopic (exact) mass is 308 g/mol. The van der Waals surface area contributed by atoms with Crippen molar-refractivity contribution in [1.29, 1.82) is 0 Å². The molecule has 6 heteroatoms. The van der Waals surface area contributed by atoms with Gasteiger partial charge in [0.2, 0.25) is 0 Å². The fraction of sp³-hybridized carbons (Fsp3) is 0.0625. The molecule has 2 rings (SSSR count). The molecular formula is C16H11F3O3. The van der Waals surface area contributed by atoms with Crippen LogP contribution in [0.5, 0.6) is 5.75 Å². The average molecular weight is 308 g/mol. The Balaban J connectivity index is 2.40. The standard InChI is InChI=1S/C16H11F3O3/c17-16(18,19)12-5-3-11(4-6-12)14(15(21)22)9-10-1-7-13(20)8-2-10/h1-9,20H,(H,21,22)/b14-9+. The Morgan fingerprint density at radius 1 is 0.955 bits per heavy atom. The zero-order chi connectivity index (χ0) is 16.3. The number of phenolic OH excluding ortho intramolecular Hbond substituents is 1. The van der Waals surface area contributed by atoms with Crippen LogP contribution in [0.15, 0.2) is 48.5 Å². The summed E-state index contributed by atoms with van der Waals surface area (Å²) in [4.78, 5) is 11.3. The van der Waals surface area contributed by atoms with Crippen molar-refractivity contribution in [2.24, 2.45) is 0 Å². The van der Waals surface area contributed by atoms with Gasteiger partial charge < -0.3 is 10.2 Å². The maximum Gasteiger partial charge on any atom is 0.416 e.